The van der Waals surface area contributed by atoms with Gasteiger partial charge in [-0.15, -0.1) is 0 Å². The molecule has 0 aromatic heterocycles. The quantitative estimate of drug-likeness (QED) is 0.669. The normalized spacial score (nSPS) is 16.8. The van der Waals surface area contributed by atoms with Gasteiger partial charge in [0, 0.05) is 31.6 Å². The summed E-state index contributed by atoms with van der Waals surface area (Å²) < 4.78 is 45.4. The highest BCUT2D eigenvalue weighted by molar-refractivity contribution is 7.89. The number of piperidine rings is 1. The molecule has 0 saturated carbocycles. The number of nitrogens with one attached hydrogen (secondary N) is 1. The number of carbonyl (C=O) groups is 1. The fourth-order valence-electron chi connectivity index (χ4n) is 3.18. The topological polar surface area (TPSA) is 102 Å². The second kappa shape index (κ2) is 8.89. The Bertz CT molecular complexity index is 1020. The number of benzene rings is 2. The highest BCUT2D eigenvalue weighted by atomic mass is 35.5. The van der Waals surface area contributed by atoms with Gasteiger partial charge in [0.15, 0.2) is 5.72 Å². The van der Waals surface area contributed by atoms with E-state index in [1.165, 1.54) is 4.31 Å². The van der Waals surface area contributed by atoms with Gasteiger partial charge in [0.05, 0.1) is 5.02 Å². The number of anilines is 1. The maximum Gasteiger partial charge on any atom is 0.413 e. The molecule has 0 aliphatic carbocycles. The summed E-state index contributed by atoms with van der Waals surface area (Å²) in [7, 11) is -3.92. The van der Waals surface area contributed by atoms with Gasteiger partial charge in [-0.05, 0) is 42.3 Å². The molecule has 7 nitrogen and oxygen atoms in total. The van der Waals surface area contributed by atoms with Crippen molar-refractivity contribution in [3.05, 3.63) is 58.9 Å². The van der Waals surface area contributed by atoms with Crippen molar-refractivity contribution in [1.29, 1.82) is 0 Å². The summed E-state index contributed by atoms with van der Waals surface area (Å²) >= 11 is 5.91. The highest BCUT2D eigenvalue weighted by Gasteiger charge is 2.39. The molecular weight excluding hydrogens is 433 g/mol. The minimum absolute atomic E-state index is 0.0328. The van der Waals surface area contributed by atoms with Crippen molar-refractivity contribution in [2.24, 2.45) is 5.73 Å². The Morgan fingerprint density at radius 1 is 1.23 bits per heavy atom. The number of amides is 1. The molecule has 1 heterocycles. The van der Waals surface area contributed by atoms with E-state index in [1.54, 1.807) is 12.1 Å². The highest BCUT2D eigenvalue weighted by Crippen LogP contribution is 2.30. The molecule has 3 rings (SSSR count). The van der Waals surface area contributed by atoms with E-state index < -0.39 is 27.7 Å². The molecule has 1 aliphatic heterocycles. The van der Waals surface area contributed by atoms with Crippen molar-refractivity contribution in [2.45, 2.75) is 36.8 Å². The summed E-state index contributed by atoms with van der Waals surface area (Å²) in [5.41, 5.74) is 6.59. The molecule has 3 N–H and O–H groups in total. The van der Waals surface area contributed by atoms with Crippen LogP contribution >= 0.6 is 11.6 Å². The fraction of sp³-hybridized carbons (Fsp3) is 0.350. The Kier molecular flexibility index (Phi) is 6.66. The van der Waals surface area contributed by atoms with Gasteiger partial charge in [0.1, 0.15) is 10.7 Å². The number of ether oxygens (including phenoxy) is 1. The van der Waals surface area contributed by atoms with Crippen molar-refractivity contribution in [3.8, 4) is 0 Å². The average molecular weight is 456 g/mol. The Labute approximate surface area is 180 Å². The summed E-state index contributed by atoms with van der Waals surface area (Å²) in [6.07, 6.45) is 0.388. The molecule has 1 amide bonds. The van der Waals surface area contributed by atoms with Crippen LogP contribution in [0.3, 0.4) is 0 Å². The molecule has 0 bridgehead atoms. The van der Waals surface area contributed by atoms with Crippen LogP contribution in [0.2, 0.25) is 5.02 Å². The minimum Gasteiger partial charge on any atom is -0.428 e. The molecule has 0 spiro atoms. The van der Waals surface area contributed by atoms with Crippen molar-refractivity contribution in [3.63, 3.8) is 0 Å². The lowest BCUT2D eigenvalue weighted by Crippen LogP contribution is -2.54. The molecule has 0 atom stereocenters. The van der Waals surface area contributed by atoms with E-state index in [9.17, 15) is 17.6 Å². The Balaban J connectivity index is 1.61. The zero-order chi connectivity index (χ0) is 21.9. The second-order valence-electron chi connectivity index (χ2n) is 7.11. The van der Waals surface area contributed by atoms with Crippen LogP contribution in [0, 0.1) is 5.82 Å². The summed E-state index contributed by atoms with van der Waals surface area (Å²) in [6.45, 7) is 2.10. The van der Waals surface area contributed by atoms with Gasteiger partial charge in [-0.2, -0.15) is 4.31 Å². The van der Waals surface area contributed by atoms with E-state index >= 15 is 0 Å². The van der Waals surface area contributed by atoms with Gasteiger partial charge in [-0.25, -0.2) is 17.6 Å². The Morgan fingerprint density at radius 3 is 2.43 bits per heavy atom. The number of rotatable bonds is 5. The Hall–Kier alpha value is -2.20. The maximum atomic E-state index is 13.2. The number of hydrogen-bond donors (Lipinski definition) is 2. The number of aryl methyl sites for hydroxylation is 1. The van der Waals surface area contributed by atoms with Gasteiger partial charge in [0.2, 0.25) is 10.0 Å². The number of halogens is 2. The third-order valence-electron chi connectivity index (χ3n) is 4.99. The summed E-state index contributed by atoms with van der Waals surface area (Å²) in [6, 6.07) is 10.5. The van der Waals surface area contributed by atoms with Crippen LogP contribution in [0.15, 0.2) is 47.4 Å². The first-order valence-corrected chi connectivity index (χ1v) is 11.3. The predicted molar refractivity (Wildman–Crippen MR) is 112 cm³/mol. The van der Waals surface area contributed by atoms with Crippen molar-refractivity contribution < 1.29 is 22.3 Å². The van der Waals surface area contributed by atoms with Gasteiger partial charge in [0.25, 0.3) is 0 Å². The molecule has 1 saturated heterocycles. The van der Waals surface area contributed by atoms with E-state index in [1.807, 2.05) is 19.1 Å². The van der Waals surface area contributed by atoms with Gasteiger partial charge in [-0.3, -0.25) is 11.1 Å². The van der Waals surface area contributed by atoms with Crippen molar-refractivity contribution in [2.75, 3.05) is 18.4 Å². The zero-order valence-electron chi connectivity index (χ0n) is 16.4. The monoisotopic (exact) mass is 455 g/mol. The van der Waals surface area contributed by atoms with Crippen molar-refractivity contribution in [1.82, 2.24) is 4.31 Å². The van der Waals surface area contributed by atoms with Crippen molar-refractivity contribution >= 4 is 33.4 Å². The predicted octanol–water partition coefficient (Wildman–Crippen LogP) is 3.73. The molecule has 2 aromatic carbocycles. The largest absolute Gasteiger partial charge is 0.428 e. The molecule has 2 aromatic rings. The van der Waals surface area contributed by atoms with Crippen LogP contribution in [0.1, 0.15) is 25.3 Å². The lowest BCUT2D eigenvalue weighted by molar-refractivity contribution is -0.0116. The van der Waals surface area contributed by atoms with E-state index in [4.69, 9.17) is 22.1 Å². The van der Waals surface area contributed by atoms with Crippen LogP contribution in [-0.2, 0) is 21.2 Å². The number of nitrogens with zero attached hydrogens (tertiary/aromatic N) is 1. The van der Waals surface area contributed by atoms with E-state index in [0.717, 1.165) is 30.2 Å². The van der Waals surface area contributed by atoms with Gasteiger partial charge >= 0.3 is 6.09 Å². The standard InChI is InChI=1S/C20H23ClFN3O4S/c1-2-14-3-6-16(7-4-14)24-19(26)29-20(23)9-11-25(12-10-20)30(27,28)18-8-5-15(22)13-17(18)21/h3-8,13H,2,9-12,23H2,1H3,(H,24,26). The van der Waals surface area contributed by atoms with Crippen LogP contribution < -0.4 is 11.1 Å². The number of sulfonamides is 1. The summed E-state index contributed by atoms with van der Waals surface area (Å²) in [4.78, 5) is 12.0. The molecule has 1 aliphatic rings. The van der Waals surface area contributed by atoms with Gasteiger partial charge < -0.3 is 4.74 Å². The molecular formula is C20H23ClFN3O4S. The fourth-order valence-corrected chi connectivity index (χ4v) is 5.13. The average Bonchev–Trinajstić information content (AvgIpc) is 2.68. The van der Waals surface area contributed by atoms with Crippen LogP contribution in [0.5, 0.6) is 0 Å². The number of carbonyl (C=O) groups excluding carboxylic acids is 1. The summed E-state index contributed by atoms with van der Waals surface area (Å²) in [5.74, 6) is -0.623. The van der Waals surface area contributed by atoms with Crippen LogP contribution in [-0.4, -0.2) is 37.6 Å². The number of hydrogen-bond acceptors (Lipinski definition) is 5. The number of nitrogens with two attached hydrogens (primary N) is 1. The summed E-state index contributed by atoms with van der Waals surface area (Å²) in [5, 5.41) is 2.43. The first-order chi connectivity index (χ1) is 14.1. The zero-order valence-corrected chi connectivity index (χ0v) is 18.0. The molecule has 0 unspecified atom stereocenters. The molecule has 0 radical (unpaired) electrons. The smallest absolute Gasteiger partial charge is 0.413 e. The first kappa shape index (κ1) is 22.5. The lowest BCUT2D eigenvalue weighted by atomic mass is 10.0. The molecule has 1 fully saturated rings. The minimum atomic E-state index is -3.92. The van der Waals surface area contributed by atoms with Gasteiger partial charge in [-0.1, -0.05) is 30.7 Å². The first-order valence-electron chi connectivity index (χ1n) is 9.46. The third-order valence-corrected chi connectivity index (χ3v) is 7.37. The third kappa shape index (κ3) is 5.10. The van der Waals surface area contributed by atoms with Crippen LogP contribution in [0.25, 0.3) is 0 Å². The van der Waals surface area contributed by atoms with Crippen LogP contribution in [0.4, 0.5) is 14.9 Å². The van der Waals surface area contributed by atoms with E-state index in [-0.39, 0.29) is 35.8 Å². The molecule has 162 valence electrons. The SMILES string of the molecule is CCc1ccc(NC(=O)OC2(N)CCN(S(=O)(=O)c3ccc(F)cc3Cl)CC2)cc1. The molecule has 30 heavy (non-hydrogen) atoms. The molecule has 10 heteroatoms. The second-order valence-corrected chi connectivity index (χ2v) is 9.42. The Morgan fingerprint density at radius 2 is 1.87 bits per heavy atom. The lowest BCUT2D eigenvalue weighted by Gasteiger charge is -2.37. The van der Waals surface area contributed by atoms with E-state index in [2.05, 4.69) is 5.32 Å². The maximum absolute atomic E-state index is 13.2. The van der Waals surface area contributed by atoms with E-state index in [0.29, 0.717) is 5.69 Å².